The molecule has 0 amide bonds. The van der Waals surface area contributed by atoms with Crippen molar-refractivity contribution >= 4 is 23.3 Å². The number of fused-ring (bicyclic) bond motifs is 1. The van der Waals surface area contributed by atoms with Gasteiger partial charge in [-0.1, -0.05) is 35.5 Å². The summed E-state index contributed by atoms with van der Waals surface area (Å²) in [5, 5.41) is 3.97. The molecule has 0 spiro atoms. The zero-order chi connectivity index (χ0) is 16.5. The largest absolute Gasteiger partial charge is 0.419 e. The third-order valence-electron chi connectivity index (χ3n) is 3.71. The maximum atomic E-state index is 11.5. The number of aromatic nitrogens is 3. The fraction of sp³-hybridized carbons (Fsp3) is 0.0556. The Morgan fingerprint density at radius 1 is 1.08 bits per heavy atom. The fourth-order valence-corrected chi connectivity index (χ4v) is 2.42. The van der Waals surface area contributed by atoms with Crippen LogP contribution in [0.15, 0.2) is 62.3 Å². The minimum atomic E-state index is -0.401. The summed E-state index contributed by atoms with van der Waals surface area (Å²) in [6.07, 6.45) is 3.66. The van der Waals surface area contributed by atoms with Gasteiger partial charge in [0.1, 0.15) is 0 Å². The van der Waals surface area contributed by atoms with Crippen molar-refractivity contribution in [1.29, 1.82) is 0 Å². The molecule has 0 saturated carbocycles. The Kier molecular flexibility index (Phi) is 3.35. The molecule has 6 heteroatoms. The Labute approximate surface area is 136 Å². The first-order chi connectivity index (χ1) is 11.7. The topological polar surface area (TPSA) is 74.1 Å². The maximum Gasteiger partial charge on any atom is 0.419 e. The zero-order valence-electron chi connectivity index (χ0n) is 12.8. The van der Waals surface area contributed by atoms with E-state index in [1.807, 2.05) is 42.5 Å². The van der Waals surface area contributed by atoms with Gasteiger partial charge in [-0.15, -0.1) is 0 Å². The fourth-order valence-electron chi connectivity index (χ4n) is 2.42. The van der Waals surface area contributed by atoms with Gasteiger partial charge in [0.25, 0.3) is 5.89 Å². The maximum absolute atomic E-state index is 11.5. The molecule has 0 bridgehead atoms. The minimum absolute atomic E-state index is 0.401. The summed E-state index contributed by atoms with van der Waals surface area (Å²) in [6, 6.07) is 15.2. The molecule has 0 aliphatic rings. The molecule has 2 heterocycles. The quantitative estimate of drug-likeness (QED) is 0.579. The molecule has 0 aliphatic carbocycles. The summed E-state index contributed by atoms with van der Waals surface area (Å²) in [6.45, 7) is 0. The van der Waals surface area contributed by atoms with Crippen LogP contribution in [0.2, 0.25) is 0 Å². The van der Waals surface area contributed by atoms with Crippen molar-refractivity contribution in [2.24, 2.45) is 7.05 Å². The molecule has 0 aliphatic heterocycles. The molecular formula is C18H13N3O3. The van der Waals surface area contributed by atoms with Gasteiger partial charge < -0.3 is 8.94 Å². The number of oxazole rings is 1. The summed E-state index contributed by atoms with van der Waals surface area (Å²) in [4.78, 5) is 15.9. The number of nitrogens with zero attached hydrogens (tertiary/aromatic N) is 3. The van der Waals surface area contributed by atoms with Gasteiger partial charge in [-0.2, -0.15) is 4.98 Å². The van der Waals surface area contributed by atoms with Gasteiger partial charge in [-0.05, 0) is 29.8 Å². The Hall–Kier alpha value is -3.41. The van der Waals surface area contributed by atoms with E-state index in [1.54, 1.807) is 25.3 Å². The molecule has 0 fully saturated rings. The molecule has 0 saturated heterocycles. The lowest BCUT2D eigenvalue weighted by molar-refractivity contribution is 0.411. The van der Waals surface area contributed by atoms with Crippen LogP contribution in [0.4, 0.5) is 0 Å². The van der Waals surface area contributed by atoms with E-state index in [0.29, 0.717) is 17.3 Å². The second kappa shape index (κ2) is 5.66. The number of benzene rings is 2. The van der Waals surface area contributed by atoms with E-state index in [1.165, 1.54) is 4.57 Å². The lowest BCUT2D eigenvalue weighted by Crippen LogP contribution is -2.08. The van der Waals surface area contributed by atoms with Crippen molar-refractivity contribution in [3.8, 4) is 11.4 Å². The third kappa shape index (κ3) is 2.54. The summed E-state index contributed by atoms with van der Waals surface area (Å²) < 4.78 is 11.9. The molecular weight excluding hydrogens is 306 g/mol. The number of rotatable bonds is 3. The highest BCUT2D eigenvalue weighted by atomic mass is 16.5. The van der Waals surface area contributed by atoms with Crippen LogP contribution in [0, 0.1) is 0 Å². The monoisotopic (exact) mass is 319 g/mol. The van der Waals surface area contributed by atoms with E-state index in [9.17, 15) is 4.79 Å². The van der Waals surface area contributed by atoms with E-state index in [-0.39, 0.29) is 0 Å². The van der Waals surface area contributed by atoms with Crippen molar-refractivity contribution in [1.82, 2.24) is 14.7 Å². The molecule has 0 atom stereocenters. The summed E-state index contributed by atoms with van der Waals surface area (Å²) in [5.41, 5.74) is 2.98. The molecule has 24 heavy (non-hydrogen) atoms. The predicted molar refractivity (Wildman–Crippen MR) is 90.1 cm³/mol. The highest BCUT2D eigenvalue weighted by Gasteiger charge is 2.11. The van der Waals surface area contributed by atoms with Crippen molar-refractivity contribution in [3.63, 3.8) is 0 Å². The molecule has 4 aromatic rings. The Morgan fingerprint density at radius 3 is 2.75 bits per heavy atom. The summed E-state index contributed by atoms with van der Waals surface area (Å²) in [7, 11) is 1.66. The van der Waals surface area contributed by atoms with Gasteiger partial charge >= 0.3 is 5.76 Å². The highest BCUT2D eigenvalue weighted by molar-refractivity contribution is 5.78. The van der Waals surface area contributed by atoms with Gasteiger partial charge in [-0.25, -0.2) is 4.79 Å². The SMILES string of the molecule is Cn1c(=O)oc2cc(-c3noc(C=Cc4ccccc4)n3)ccc21. The molecule has 2 aromatic carbocycles. The van der Waals surface area contributed by atoms with Crippen LogP contribution in [-0.4, -0.2) is 14.7 Å². The zero-order valence-corrected chi connectivity index (χ0v) is 12.8. The smallest absolute Gasteiger partial charge is 0.408 e. The van der Waals surface area contributed by atoms with Crippen LogP contribution in [0.1, 0.15) is 11.5 Å². The van der Waals surface area contributed by atoms with E-state index in [4.69, 9.17) is 8.94 Å². The molecule has 2 aromatic heterocycles. The summed E-state index contributed by atoms with van der Waals surface area (Å²) in [5.74, 6) is 0.446. The predicted octanol–water partition coefficient (Wildman–Crippen LogP) is 3.35. The third-order valence-corrected chi connectivity index (χ3v) is 3.71. The highest BCUT2D eigenvalue weighted by Crippen LogP contribution is 2.22. The molecule has 118 valence electrons. The molecule has 4 rings (SSSR count). The van der Waals surface area contributed by atoms with Gasteiger partial charge in [-0.3, -0.25) is 4.57 Å². The van der Waals surface area contributed by atoms with Gasteiger partial charge in [0.05, 0.1) is 5.52 Å². The second-order valence-electron chi connectivity index (χ2n) is 5.31. The molecule has 0 radical (unpaired) electrons. The lowest BCUT2D eigenvalue weighted by Gasteiger charge is -1.94. The van der Waals surface area contributed by atoms with Crippen LogP contribution in [0.25, 0.3) is 34.6 Å². The van der Waals surface area contributed by atoms with Crippen LogP contribution < -0.4 is 5.76 Å². The normalized spacial score (nSPS) is 11.5. The van der Waals surface area contributed by atoms with Crippen LogP contribution >= 0.6 is 0 Å². The first kappa shape index (κ1) is 14.2. The Bertz CT molecular complexity index is 1090. The van der Waals surface area contributed by atoms with Gasteiger partial charge in [0.2, 0.25) is 5.82 Å². The number of hydrogen-bond acceptors (Lipinski definition) is 5. The molecule has 6 nitrogen and oxygen atoms in total. The van der Waals surface area contributed by atoms with Crippen molar-refractivity contribution < 1.29 is 8.94 Å². The van der Waals surface area contributed by atoms with E-state index in [0.717, 1.165) is 16.6 Å². The molecule has 0 unspecified atom stereocenters. The van der Waals surface area contributed by atoms with Crippen molar-refractivity contribution in [3.05, 3.63) is 70.5 Å². The lowest BCUT2D eigenvalue weighted by atomic mass is 10.2. The Morgan fingerprint density at radius 2 is 1.92 bits per heavy atom. The van der Waals surface area contributed by atoms with E-state index in [2.05, 4.69) is 10.1 Å². The van der Waals surface area contributed by atoms with E-state index < -0.39 is 5.76 Å². The first-order valence-electron chi connectivity index (χ1n) is 7.37. The average molecular weight is 319 g/mol. The summed E-state index contributed by atoms with van der Waals surface area (Å²) >= 11 is 0. The minimum Gasteiger partial charge on any atom is -0.408 e. The number of aryl methyl sites for hydroxylation is 1. The number of hydrogen-bond donors (Lipinski definition) is 0. The Balaban J connectivity index is 1.65. The van der Waals surface area contributed by atoms with Gasteiger partial charge in [0.15, 0.2) is 5.58 Å². The standard InChI is InChI=1S/C18H13N3O3/c1-21-14-9-8-13(11-15(14)23-18(21)22)17-19-16(24-20-17)10-7-12-5-3-2-4-6-12/h2-11H,1H3. The van der Waals surface area contributed by atoms with Crippen LogP contribution in [-0.2, 0) is 7.05 Å². The molecule has 0 N–H and O–H groups in total. The van der Waals surface area contributed by atoms with Crippen molar-refractivity contribution in [2.75, 3.05) is 0 Å². The average Bonchev–Trinajstić information content (AvgIpc) is 3.19. The van der Waals surface area contributed by atoms with Crippen LogP contribution in [0.5, 0.6) is 0 Å². The van der Waals surface area contributed by atoms with Crippen LogP contribution in [0.3, 0.4) is 0 Å². The second-order valence-corrected chi connectivity index (χ2v) is 5.31. The first-order valence-corrected chi connectivity index (χ1v) is 7.37. The van der Waals surface area contributed by atoms with E-state index >= 15 is 0 Å². The van der Waals surface area contributed by atoms with Gasteiger partial charge in [0, 0.05) is 18.7 Å². The van der Waals surface area contributed by atoms with Crippen molar-refractivity contribution in [2.45, 2.75) is 0 Å².